The fourth-order valence-electron chi connectivity index (χ4n) is 2.61. The summed E-state index contributed by atoms with van der Waals surface area (Å²) in [5.74, 6) is 0.0891. The van der Waals surface area contributed by atoms with Crippen LogP contribution in [0.1, 0.15) is 40.7 Å². The number of hydrogen-bond acceptors (Lipinski definition) is 2. The zero-order valence-electron chi connectivity index (χ0n) is 13.8. The van der Waals surface area contributed by atoms with Crippen LogP contribution in [0, 0.1) is 0 Å². The van der Waals surface area contributed by atoms with Gasteiger partial charge in [-0.05, 0) is 31.2 Å². The van der Waals surface area contributed by atoms with Crippen LogP contribution in [0.2, 0.25) is 0 Å². The number of methoxy groups -OCH3 is 1. The van der Waals surface area contributed by atoms with Crippen molar-refractivity contribution >= 4 is 5.78 Å². The van der Waals surface area contributed by atoms with E-state index in [1.54, 1.807) is 7.11 Å². The minimum Gasteiger partial charge on any atom is -0.385 e. The first-order valence-corrected chi connectivity index (χ1v) is 8.05. The van der Waals surface area contributed by atoms with Crippen LogP contribution in [0.4, 0.5) is 0 Å². The van der Waals surface area contributed by atoms with Gasteiger partial charge in [0, 0.05) is 24.8 Å². The predicted octanol–water partition coefficient (Wildman–Crippen LogP) is 4.83. The van der Waals surface area contributed by atoms with E-state index in [9.17, 15) is 4.79 Å². The first-order chi connectivity index (χ1) is 11.2. The van der Waals surface area contributed by atoms with Crippen LogP contribution < -0.4 is 0 Å². The number of allylic oxidation sites excluding steroid dienone is 1. The van der Waals surface area contributed by atoms with E-state index in [0.717, 1.165) is 49.0 Å². The molecule has 2 nitrogen and oxygen atoms in total. The largest absolute Gasteiger partial charge is 0.385 e. The summed E-state index contributed by atoms with van der Waals surface area (Å²) in [4.78, 5) is 12.7. The molecule has 0 aliphatic heterocycles. The maximum Gasteiger partial charge on any atom is 0.193 e. The molecular weight excluding hydrogens is 284 g/mol. The van der Waals surface area contributed by atoms with Gasteiger partial charge in [0.05, 0.1) is 0 Å². The molecule has 0 heterocycles. The highest BCUT2D eigenvalue weighted by atomic mass is 16.5. The minimum absolute atomic E-state index is 0.0891. The molecule has 2 aromatic carbocycles. The Morgan fingerprint density at radius 2 is 1.70 bits per heavy atom. The standard InChI is InChI=1S/C21H24O2/c1-17(9-8-16-23-2)14-15-18-10-6-7-13-20(18)21(22)19-11-4-3-5-12-19/h3-7,10-13H,1,8-9,14-16H2,2H3. The van der Waals surface area contributed by atoms with Gasteiger partial charge in [-0.25, -0.2) is 0 Å². The second-order valence-corrected chi connectivity index (χ2v) is 5.70. The third kappa shape index (κ3) is 5.19. The highest BCUT2D eigenvalue weighted by Gasteiger charge is 2.12. The van der Waals surface area contributed by atoms with Crippen molar-refractivity contribution in [1.29, 1.82) is 0 Å². The average Bonchev–Trinajstić information content (AvgIpc) is 2.60. The second kappa shape index (κ2) is 9.06. The maximum absolute atomic E-state index is 12.7. The van der Waals surface area contributed by atoms with E-state index >= 15 is 0 Å². The SMILES string of the molecule is C=C(CCCOC)CCc1ccccc1C(=O)c1ccccc1. The zero-order valence-corrected chi connectivity index (χ0v) is 13.8. The number of rotatable bonds is 9. The molecule has 0 aromatic heterocycles. The Labute approximate surface area is 138 Å². The molecule has 0 unspecified atom stereocenters. The number of carbonyl (C=O) groups excluding carboxylic acids is 1. The van der Waals surface area contributed by atoms with Crippen molar-refractivity contribution in [2.75, 3.05) is 13.7 Å². The number of ketones is 1. The van der Waals surface area contributed by atoms with Crippen molar-refractivity contribution in [2.45, 2.75) is 25.7 Å². The average molecular weight is 308 g/mol. The fourth-order valence-corrected chi connectivity index (χ4v) is 2.61. The molecule has 0 radical (unpaired) electrons. The molecule has 0 fully saturated rings. The van der Waals surface area contributed by atoms with Gasteiger partial charge in [-0.2, -0.15) is 0 Å². The van der Waals surface area contributed by atoms with Crippen molar-refractivity contribution in [2.24, 2.45) is 0 Å². The van der Waals surface area contributed by atoms with Crippen LogP contribution in [0.15, 0.2) is 66.7 Å². The molecule has 120 valence electrons. The van der Waals surface area contributed by atoms with Crippen molar-refractivity contribution < 1.29 is 9.53 Å². The molecule has 2 heteroatoms. The number of benzene rings is 2. The summed E-state index contributed by atoms with van der Waals surface area (Å²) < 4.78 is 5.07. The molecule has 0 aliphatic rings. The molecule has 0 saturated carbocycles. The lowest BCUT2D eigenvalue weighted by Crippen LogP contribution is -2.05. The van der Waals surface area contributed by atoms with Crippen LogP contribution in [-0.2, 0) is 11.2 Å². The lowest BCUT2D eigenvalue weighted by Gasteiger charge is -2.10. The Kier molecular flexibility index (Phi) is 6.76. The summed E-state index contributed by atoms with van der Waals surface area (Å²) in [5, 5.41) is 0. The van der Waals surface area contributed by atoms with E-state index < -0.39 is 0 Å². The first kappa shape index (κ1) is 17.2. The van der Waals surface area contributed by atoms with Gasteiger partial charge in [0.1, 0.15) is 0 Å². The number of ether oxygens (including phenoxy) is 1. The summed E-state index contributed by atoms with van der Waals surface area (Å²) in [7, 11) is 1.72. The number of hydrogen-bond donors (Lipinski definition) is 0. The highest BCUT2D eigenvalue weighted by Crippen LogP contribution is 2.19. The summed E-state index contributed by atoms with van der Waals surface area (Å²) in [6.45, 7) is 4.90. The van der Waals surface area contributed by atoms with E-state index in [1.807, 2.05) is 54.6 Å². The Balaban J connectivity index is 2.03. The lowest BCUT2D eigenvalue weighted by atomic mass is 9.94. The normalized spacial score (nSPS) is 10.5. The maximum atomic E-state index is 12.7. The molecule has 0 spiro atoms. The van der Waals surface area contributed by atoms with Gasteiger partial charge in [0.25, 0.3) is 0 Å². The van der Waals surface area contributed by atoms with Crippen LogP contribution >= 0.6 is 0 Å². The number of carbonyl (C=O) groups is 1. The fraction of sp³-hybridized carbons (Fsp3) is 0.286. The third-order valence-electron chi connectivity index (χ3n) is 3.92. The van der Waals surface area contributed by atoms with Gasteiger partial charge < -0.3 is 4.74 Å². The van der Waals surface area contributed by atoms with Gasteiger partial charge in [0.15, 0.2) is 5.78 Å². The van der Waals surface area contributed by atoms with E-state index in [0.29, 0.717) is 0 Å². The van der Waals surface area contributed by atoms with Gasteiger partial charge in [-0.15, -0.1) is 0 Å². The minimum atomic E-state index is 0.0891. The van der Waals surface area contributed by atoms with Crippen molar-refractivity contribution in [3.05, 3.63) is 83.4 Å². The van der Waals surface area contributed by atoms with E-state index in [4.69, 9.17) is 4.74 Å². The van der Waals surface area contributed by atoms with Gasteiger partial charge in [0.2, 0.25) is 0 Å². The Morgan fingerprint density at radius 1 is 1.00 bits per heavy atom. The molecular formula is C21H24O2. The molecule has 2 aromatic rings. The lowest BCUT2D eigenvalue weighted by molar-refractivity contribution is 0.103. The molecule has 0 atom stereocenters. The first-order valence-electron chi connectivity index (χ1n) is 8.05. The highest BCUT2D eigenvalue weighted by molar-refractivity contribution is 6.09. The molecule has 0 amide bonds. The van der Waals surface area contributed by atoms with Crippen LogP contribution in [0.5, 0.6) is 0 Å². The van der Waals surface area contributed by atoms with E-state index in [2.05, 4.69) is 6.58 Å². The van der Waals surface area contributed by atoms with Crippen LogP contribution in [0.3, 0.4) is 0 Å². The van der Waals surface area contributed by atoms with Gasteiger partial charge in [-0.3, -0.25) is 4.79 Å². The van der Waals surface area contributed by atoms with Gasteiger partial charge in [-0.1, -0.05) is 66.7 Å². The third-order valence-corrected chi connectivity index (χ3v) is 3.92. The molecule has 0 bridgehead atoms. The van der Waals surface area contributed by atoms with Crippen molar-refractivity contribution in [3.8, 4) is 0 Å². The molecule has 23 heavy (non-hydrogen) atoms. The summed E-state index contributed by atoms with van der Waals surface area (Å²) in [5.41, 5.74) is 3.83. The topological polar surface area (TPSA) is 26.3 Å². The Bertz CT molecular complexity index is 644. The number of aryl methyl sites for hydroxylation is 1. The van der Waals surface area contributed by atoms with Gasteiger partial charge >= 0.3 is 0 Å². The molecule has 0 N–H and O–H groups in total. The Hall–Kier alpha value is -2.19. The summed E-state index contributed by atoms with van der Waals surface area (Å²) >= 11 is 0. The van der Waals surface area contributed by atoms with Crippen LogP contribution in [0.25, 0.3) is 0 Å². The molecule has 0 aliphatic carbocycles. The van der Waals surface area contributed by atoms with Crippen molar-refractivity contribution in [3.63, 3.8) is 0 Å². The monoisotopic (exact) mass is 308 g/mol. The molecule has 0 saturated heterocycles. The quantitative estimate of drug-likeness (QED) is 0.377. The summed E-state index contributed by atoms with van der Waals surface area (Å²) in [6.07, 6.45) is 3.73. The van der Waals surface area contributed by atoms with E-state index in [-0.39, 0.29) is 5.78 Å². The van der Waals surface area contributed by atoms with E-state index in [1.165, 1.54) is 5.57 Å². The van der Waals surface area contributed by atoms with Crippen molar-refractivity contribution in [1.82, 2.24) is 0 Å². The smallest absolute Gasteiger partial charge is 0.193 e. The second-order valence-electron chi connectivity index (χ2n) is 5.70. The summed E-state index contributed by atoms with van der Waals surface area (Å²) in [6, 6.07) is 17.3. The Morgan fingerprint density at radius 3 is 2.43 bits per heavy atom. The van der Waals surface area contributed by atoms with Crippen LogP contribution in [-0.4, -0.2) is 19.5 Å². The zero-order chi connectivity index (χ0) is 16.5. The molecule has 2 rings (SSSR count). The predicted molar refractivity (Wildman–Crippen MR) is 94.9 cm³/mol.